The zero-order valence-electron chi connectivity index (χ0n) is 14.3. The van der Waals surface area contributed by atoms with Crippen LogP contribution in [0.1, 0.15) is 44.0 Å². The fourth-order valence-corrected chi connectivity index (χ4v) is 2.45. The highest BCUT2D eigenvalue weighted by Gasteiger charge is 2.27. The molecule has 124 valence electrons. The Bertz CT molecular complexity index is 473. The molecule has 0 amide bonds. The van der Waals surface area contributed by atoms with Crippen LogP contribution >= 0.6 is 0 Å². The number of aryl methyl sites for hydroxylation is 2. The summed E-state index contributed by atoms with van der Waals surface area (Å²) in [6, 6.07) is 0.810. The second-order valence-corrected chi connectivity index (χ2v) is 5.73. The van der Waals surface area contributed by atoms with E-state index in [2.05, 4.69) is 39.4 Å². The maximum Gasteiger partial charge on any atom is 0.216 e. The lowest BCUT2D eigenvalue weighted by Gasteiger charge is -2.20. The van der Waals surface area contributed by atoms with Gasteiger partial charge in [0.1, 0.15) is 12.3 Å². The van der Waals surface area contributed by atoms with Crippen molar-refractivity contribution >= 4 is 5.96 Å². The van der Waals surface area contributed by atoms with Gasteiger partial charge in [0.25, 0.3) is 0 Å². The molecule has 0 aliphatic heterocycles. The van der Waals surface area contributed by atoms with Gasteiger partial charge in [0.05, 0.1) is 5.69 Å². The van der Waals surface area contributed by atoms with Crippen LogP contribution in [0.25, 0.3) is 0 Å². The van der Waals surface area contributed by atoms with E-state index in [4.69, 9.17) is 4.42 Å². The third kappa shape index (κ3) is 5.02. The van der Waals surface area contributed by atoms with Crippen molar-refractivity contribution in [3.8, 4) is 0 Å². The first kappa shape index (κ1) is 16.8. The Balaban J connectivity index is 1.81. The summed E-state index contributed by atoms with van der Waals surface area (Å²) in [6.07, 6.45) is 2.70. The van der Waals surface area contributed by atoms with Crippen molar-refractivity contribution in [3.63, 3.8) is 0 Å². The molecule has 6 heteroatoms. The van der Waals surface area contributed by atoms with Gasteiger partial charge in [-0.25, -0.2) is 9.98 Å². The summed E-state index contributed by atoms with van der Waals surface area (Å²) >= 11 is 0. The largest absolute Gasteiger partial charge is 0.444 e. The Morgan fingerprint density at radius 3 is 2.64 bits per heavy atom. The topological polar surface area (TPSA) is 65.7 Å². The lowest BCUT2D eigenvalue weighted by molar-refractivity contribution is 0.282. The van der Waals surface area contributed by atoms with Crippen molar-refractivity contribution in [2.24, 2.45) is 4.99 Å². The van der Waals surface area contributed by atoms with Crippen molar-refractivity contribution in [3.05, 3.63) is 17.3 Å². The minimum absolute atomic E-state index is 0.462. The molecule has 0 aromatic carbocycles. The summed E-state index contributed by atoms with van der Waals surface area (Å²) in [5, 5.41) is 6.65. The molecule has 1 aliphatic rings. The average molecular weight is 307 g/mol. The number of hydrogen-bond acceptors (Lipinski definition) is 4. The summed E-state index contributed by atoms with van der Waals surface area (Å²) in [5.74, 6) is 2.36. The number of likely N-dealkylation sites (N-methyl/N-ethyl adjacent to an activating group) is 1. The lowest BCUT2D eigenvalue weighted by Crippen LogP contribution is -2.42. The number of nitrogens with zero attached hydrogens (tertiary/aromatic N) is 3. The number of aromatic nitrogens is 1. The maximum atomic E-state index is 5.56. The predicted molar refractivity (Wildman–Crippen MR) is 89.1 cm³/mol. The molecule has 0 radical (unpaired) electrons. The average Bonchev–Trinajstić information content (AvgIpc) is 3.28. The van der Waals surface area contributed by atoms with Gasteiger partial charge < -0.3 is 15.1 Å². The van der Waals surface area contributed by atoms with E-state index in [-0.39, 0.29) is 0 Å². The van der Waals surface area contributed by atoms with Crippen LogP contribution in [0.3, 0.4) is 0 Å². The molecule has 0 bridgehead atoms. The highest BCUT2D eigenvalue weighted by Crippen LogP contribution is 2.25. The van der Waals surface area contributed by atoms with Gasteiger partial charge in [-0.05, 0) is 40.2 Å². The van der Waals surface area contributed by atoms with Crippen LogP contribution in [0.5, 0.6) is 0 Å². The van der Waals surface area contributed by atoms with Gasteiger partial charge in [0, 0.05) is 25.7 Å². The predicted octanol–water partition coefficient (Wildman–Crippen LogP) is 1.83. The van der Waals surface area contributed by atoms with Gasteiger partial charge in [-0.2, -0.15) is 0 Å². The first-order chi connectivity index (χ1) is 10.6. The van der Waals surface area contributed by atoms with E-state index in [1.807, 2.05) is 13.8 Å². The molecule has 2 rings (SSSR count). The van der Waals surface area contributed by atoms with E-state index in [1.165, 1.54) is 12.8 Å². The van der Waals surface area contributed by atoms with Gasteiger partial charge in [-0.3, -0.25) is 4.90 Å². The second kappa shape index (κ2) is 8.17. The van der Waals surface area contributed by atoms with Gasteiger partial charge in [-0.1, -0.05) is 6.92 Å². The quantitative estimate of drug-likeness (QED) is 0.566. The fourth-order valence-electron chi connectivity index (χ4n) is 2.45. The molecule has 0 spiro atoms. The standard InChI is InChI=1S/C16H29N5O/c1-5-17-16(18-9-10-21(6-2)14-7-8-14)19-11-15-20-12(3)13(4)22-15/h14H,5-11H2,1-4H3,(H2,17,18,19). The molecule has 2 N–H and O–H groups in total. The maximum absolute atomic E-state index is 5.56. The lowest BCUT2D eigenvalue weighted by atomic mass is 10.4. The zero-order valence-corrected chi connectivity index (χ0v) is 14.3. The first-order valence-corrected chi connectivity index (χ1v) is 8.33. The normalized spacial score (nSPS) is 15.4. The molecular formula is C16H29N5O. The molecule has 1 fully saturated rings. The smallest absolute Gasteiger partial charge is 0.216 e. The van der Waals surface area contributed by atoms with Crippen molar-refractivity contribution in [1.29, 1.82) is 0 Å². The number of oxazole rings is 1. The van der Waals surface area contributed by atoms with Crippen LogP contribution in [0, 0.1) is 13.8 Å². The van der Waals surface area contributed by atoms with Gasteiger partial charge in [0.15, 0.2) is 5.96 Å². The number of rotatable bonds is 8. The SMILES string of the molecule is CCNC(=NCc1nc(C)c(C)o1)NCCN(CC)C1CC1. The number of aliphatic imine (C=N–C) groups is 1. The highest BCUT2D eigenvalue weighted by molar-refractivity contribution is 5.79. The Kier molecular flexibility index (Phi) is 6.24. The summed E-state index contributed by atoms with van der Waals surface area (Å²) in [7, 11) is 0. The number of guanidine groups is 1. The summed E-state index contributed by atoms with van der Waals surface area (Å²) in [6.45, 7) is 12.6. The van der Waals surface area contributed by atoms with Crippen LogP contribution in [-0.4, -0.2) is 48.1 Å². The van der Waals surface area contributed by atoms with Crippen LogP contribution in [0.15, 0.2) is 9.41 Å². The number of nitrogens with one attached hydrogen (secondary N) is 2. The molecule has 0 saturated heterocycles. The van der Waals surface area contributed by atoms with Crippen LogP contribution in [0.4, 0.5) is 0 Å². The minimum Gasteiger partial charge on any atom is -0.444 e. The van der Waals surface area contributed by atoms with Gasteiger partial charge in [-0.15, -0.1) is 0 Å². The molecule has 0 unspecified atom stereocenters. The van der Waals surface area contributed by atoms with E-state index in [9.17, 15) is 0 Å². The monoisotopic (exact) mass is 307 g/mol. The van der Waals surface area contributed by atoms with Crippen molar-refractivity contribution in [2.75, 3.05) is 26.2 Å². The van der Waals surface area contributed by atoms with Gasteiger partial charge in [0.2, 0.25) is 5.89 Å². The molecule has 1 aromatic heterocycles. The van der Waals surface area contributed by atoms with E-state index in [0.29, 0.717) is 12.4 Å². The number of hydrogen-bond donors (Lipinski definition) is 2. The molecule has 1 aromatic rings. The minimum atomic E-state index is 0.462. The Morgan fingerprint density at radius 2 is 2.09 bits per heavy atom. The van der Waals surface area contributed by atoms with E-state index < -0.39 is 0 Å². The van der Waals surface area contributed by atoms with E-state index in [0.717, 1.165) is 49.6 Å². The van der Waals surface area contributed by atoms with Crippen LogP contribution < -0.4 is 10.6 Å². The third-order valence-corrected chi connectivity index (χ3v) is 3.95. The fraction of sp³-hybridized carbons (Fsp3) is 0.750. The Labute approximate surface area is 133 Å². The second-order valence-electron chi connectivity index (χ2n) is 5.73. The first-order valence-electron chi connectivity index (χ1n) is 8.33. The van der Waals surface area contributed by atoms with E-state index >= 15 is 0 Å². The van der Waals surface area contributed by atoms with E-state index in [1.54, 1.807) is 0 Å². The van der Waals surface area contributed by atoms with Gasteiger partial charge >= 0.3 is 0 Å². The molecule has 22 heavy (non-hydrogen) atoms. The Morgan fingerprint density at radius 1 is 1.32 bits per heavy atom. The molecule has 1 aliphatic carbocycles. The van der Waals surface area contributed by atoms with Crippen LogP contribution in [0.2, 0.25) is 0 Å². The third-order valence-electron chi connectivity index (χ3n) is 3.95. The van der Waals surface area contributed by atoms with Crippen molar-refractivity contribution < 1.29 is 4.42 Å². The summed E-state index contributed by atoms with van der Waals surface area (Å²) in [4.78, 5) is 11.4. The molecule has 1 saturated carbocycles. The molecule has 6 nitrogen and oxygen atoms in total. The molecule has 0 atom stereocenters. The summed E-state index contributed by atoms with van der Waals surface area (Å²) in [5.41, 5.74) is 0.936. The molecular weight excluding hydrogens is 278 g/mol. The highest BCUT2D eigenvalue weighted by atomic mass is 16.4. The van der Waals surface area contributed by atoms with Crippen molar-refractivity contribution in [1.82, 2.24) is 20.5 Å². The molecule has 1 heterocycles. The summed E-state index contributed by atoms with van der Waals surface area (Å²) < 4.78 is 5.56. The van der Waals surface area contributed by atoms with Crippen LogP contribution in [-0.2, 0) is 6.54 Å². The zero-order chi connectivity index (χ0) is 15.9. The Hall–Kier alpha value is -1.56. The van der Waals surface area contributed by atoms with Crippen molar-refractivity contribution in [2.45, 2.75) is 53.1 Å².